The van der Waals surface area contributed by atoms with Gasteiger partial charge in [0.05, 0.1) is 5.56 Å². The van der Waals surface area contributed by atoms with Gasteiger partial charge in [-0.25, -0.2) is 4.98 Å². The maximum atomic E-state index is 12.4. The molecular weight excluding hydrogens is 567 g/mol. The summed E-state index contributed by atoms with van der Waals surface area (Å²) in [5.74, 6) is 0.824. The molecule has 0 aliphatic carbocycles. The summed E-state index contributed by atoms with van der Waals surface area (Å²) in [6.07, 6.45) is 3.34. The van der Waals surface area contributed by atoms with Crippen LogP contribution in [0, 0.1) is 3.57 Å². The predicted octanol–water partition coefficient (Wildman–Crippen LogP) is 7.64. The predicted molar refractivity (Wildman–Crippen MR) is 138 cm³/mol. The fraction of sp³-hybridized carbons (Fsp3) is 0.120. The van der Waals surface area contributed by atoms with Crippen LogP contribution in [0.4, 0.5) is 5.69 Å². The van der Waals surface area contributed by atoms with Crippen molar-refractivity contribution in [2.75, 3.05) is 5.32 Å². The van der Waals surface area contributed by atoms with Crippen molar-refractivity contribution in [3.8, 4) is 11.5 Å². The van der Waals surface area contributed by atoms with E-state index in [9.17, 15) is 4.79 Å². The number of aromatic nitrogens is 1. The molecule has 6 heteroatoms. The standard InChI is InChI=1S/C25H20BrIN2O2/c1-15(2)17-6-3-16(4-7-17)5-12-24(30)28-19-9-11-23-22(14-19)29-25(31-23)20-13-18(27)8-10-21(20)26/h3-15H,1-2H3,(H,28,30)/b12-5+. The first-order valence-electron chi connectivity index (χ1n) is 9.84. The van der Waals surface area contributed by atoms with Crippen molar-refractivity contribution in [1.82, 2.24) is 4.98 Å². The number of oxazole rings is 1. The second-order valence-electron chi connectivity index (χ2n) is 7.47. The van der Waals surface area contributed by atoms with E-state index in [2.05, 4.69) is 74.8 Å². The van der Waals surface area contributed by atoms with E-state index in [0.717, 1.165) is 19.2 Å². The quantitative estimate of drug-likeness (QED) is 0.193. The van der Waals surface area contributed by atoms with Gasteiger partial charge in [-0.1, -0.05) is 38.1 Å². The average Bonchev–Trinajstić information content (AvgIpc) is 3.17. The molecule has 1 heterocycles. The third-order valence-electron chi connectivity index (χ3n) is 4.84. The Balaban J connectivity index is 1.49. The van der Waals surface area contributed by atoms with Gasteiger partial charge >= 0.3 is 0 Å². The highest BCUT2D eigenvalue weighted by Gasteiger charge is 2.13. The molecule has 0 atom stereocenters. The number of benzene rings is 3. The first-order valence-corrected chi connectivity index (χ1v) is 11.7. The molecule has 1 amide bonds. The highest BCUT2D eigenvalue weighted by atomic mass is 127. The molecule has 0 bridgehead atoms. The van der Waals surface area contributed by atoms with Crippen LogP contribution in [-0.2, 0) is 4.79 Å². The lowest BCUT2D eigenvalue weighted by Crippen LogP contribution is -2.07. The van der Waals surface area contributed by atoms with Crippen LogP contribution in [0.2, 0.25) is 0 Å². The minimum absolute atomic E-state index is 0.198. The fourth-order valence-corrected chi connectivity index (χ4v) is 4.04. The highest BCUT2D eigenvalue weighted by Crippen LogP contribution is 2.32. The molecule has 1 aromatic heterocycles. The lowest BCUT2D eigenvalue weighted by Gasteiger charge is -2.04. The first kappa shape index (κ1) is 21.8. The lowest BCUT2D eigenvalue weighted by atomic mass is 10.0. The number of rotatable bonds is 5. The fourth-order valence-electron chi connectivity index (χ4n) is 3.13. The molecule has 0 saturated carbocycles. The Bertz CT molecular complexity index is 1280. The number of hydrogen-bond donors (Lipinski definition) is 1. The van der Waals surface area contributed by atoms with Gasteiger partial charge in [-0.05, 0) is 98.0 Å². The second-order valence-corrected chi connectivity index (χ2v) is 9.57. The number of anilines is 1. The van der Waals surface area contributed by atoms with Gasteiger partial charge in [0, 0.05) is 19.8 Å². The van der Waals surface area contributed by atoms with Gasteiger partial charge in [-0.2, -0.15) is 0 Å². The summed E-state index contributed by atoms with van der Waals surface area (Å²) in [4.78, 5) is 17.0. The van der Waals surface area contributed by atoms with Gasteiger partial charge in [0.25, 0.3) is 0 Å². The maximum absolute atomic E-state index is 12.4. The van der Waals surface area contributed by atoms with Crippen LogP contribution in [-0.4, -0.2) is 10.9 Å². The van der Waals surface area contributed by atoms with Crippen LogP contribution in [0.3, 0.4) is 0 Å². The number of fused-ring (bicyclic) bond motifs is 1. The molecule has 0 spiro atoms. The van der Waals surface area contributed by atoms with E-state index >= 15 is 0 Å². The zero-order valence-corrected chi connectivity index (χ0v) is 20.8. The maximum Gasteiger partial charge on any atom is 0.248 e. The molecule has 4 rings (SSSR count). The molecule has 1 N–H and O–H groups in total. The molecule has 0 radical (unpaired) electrons. The number of carbonyl (C=O) groups is 1. The Morgan fingerprint density at radius 3 is 2.61 bits per heavy atom. The van der Waals surface area contributed by atoms with Crippen molar-refractivity contribution >= 4 is 67.3 Å². The smallest absolute Gasteiger partial charge is 0.248 e. The van der Waals surface area contributed by atoms with Crippen molar-refractivity contribution in [2.45, 2.75) is 19.8 Å². The van der Waals surface area contributed by atoms with Crippen LogP contribution in [0.1, 0.15) is 30.9 Å². The van der Waals surface area contributed by atoms with E-state index in [4.69, 9.17) is 4.42 Å². The Labute approximate surface area is 203 Å². The normalized spacial score (nSPS) is 11.5. The molecule has 4 aromatic rings. The van der Waals surface area contributed by atoms with E-state index in [0.29, 0.717) is 28.6 Å². The minimum atomic E-state index is -0.198. The van der Waals surface area contributed by atoms with E-state index in [1.54, 1.807) is 6.08 Å². The topological polar surface area (TPSA) is 55.1 Å². The van der Waals surface area contributed by atoms with E-state index in [1.165, 1.54) is 11.6 Å². The minimum Gasteiger partial charge on any atom is -0.436 e. The first-order chi connectivity index (χ1) is 14.9. The van der Waals surface area contributed by atoms with Crippen molar-refractivity contribution in [1.29, 1.82) is 0 Å². The van der Waals surface area contributed by atoms with Gasteiger partial charge < -0.3 is 9.73 Å². The van der Waals surface area contributed by atoms with Gasteiger partial charge in [0.2, 0.25) is 11.8 Å². The van der Waals surface area contributed by atoms with Crippen molar-refractivity contribution in [3.05, 3.63) is 85.9 Å². The Morgan fingerprint density at radius 2 is 1.87 bits per heavy atom. The van der Waals surface area contributed by atoms with Crippen LogP contribution < -0.4 is 5.32 Å². The van der Waals surface area contributed by atoms with E-state index < -0.39 is 0 Å². The SMILES string of the molecule is CC(C)c1ccc(/C=C/C(=O)Nc2ccc3oc(-c4cc(I)ccc4Br)nc3c2)cc1. The van der Waals surface area contributed by atoms with Crippen LogP contribution in [0.5, 0.6) is 0 Å². The number of hydrogen-bond acceptors (Lipinski definition) is 3. The molecular formula is C25H20BrIN2O2. The zero-order chi connectivity index (χ0) is 22.0. The molecule has 0 aliphatic heterocycles. The molecule has 0 saturated heterocycles. The third-order valence-corrected chi connectivity index (χ3v) is 6.21. The largest absolute Gasteiger partial charge is 0.436 e. The molecule has 4 nitrogen and oxygen atoms in total. The van der Waals surface area contributed by atoms with Gasteiger partial charge in [-0.15, -0.1) is 0 Å². The Morgan fingerprint density at radius 1 is 1.10 bits per heavy atom. The number of amides is 1. The third kappa shape index (κ3) is 5.25. The van der Waals surface area contributed by atoms with Crippen molar-refractivity contribution in [2.24, 2.45) is 0 Å². The number of carbonyl (C=O) groups excluding carboxylic acids is 1. The van der Waals surface area contributed by atoms with Crippen LogP contribution in [0.15, 0.2) is 75.6 Å². The van der Waals surface area contributed by atoms with Crippen LogP contribution >= 0.6 is 38.5 Å². The highest BCUT2D eigenvalue weighted by molar-refractivity contribution is 14.1. The summed E-state index contributed by atoms with van der Waals surface area (Å²) in [5, 5.41) is 2.89. The summed E-state index contributed by atoms with van der Waals surface area (Å²) in [5.41, 5.74) is 5.17. The summed E-state index contributed by atoms with van der Waals surface area (Å²) < 4.78 is 7.92. The molecule has 3 aromatic carbocycles. The van der Waals surface area contributed by atoms with Gasteiger partial charge in [-0.3, -0.25) is 4.79 Å². The van der Waals surface area contributed by atoms with Crippen LogP contribution in [0.25, 0.3) is 28.6 Å². The second kappa shape index (κ2) is 9.36. The summed E-state index contributed by atoms with van der Waals surface area (Å²) in [7, 11) is 0. The van der Waals surface area contributed by atoms with Gasteiger partial charge in [0.1, 0.15) is 5.52 Å². The Hall–Kier alpha value is -2.45. The van der Waals surface area contributed by atoms with Gasteiger partial charge in [0.15, 0.2) is 5.58 Å². The number of nitrogens with one attached hydrogen (secondary N) is 1. The lowest BCUT2D eigenvalue weighted by molar-refractivity contribution is -0.111. The molecule has 0 unspecified atom stereocenters. The van der Waals surface area contributed by atoms with E-state index in [1.807, 2.05) is 48.5 Å². The number of halogens is 2. The summed E-state index contributed by atoms with van der Waals surface area (Å²) in [6.45, 7) is 4.32. The molecule has 0 fully saturated rings. The zero-order valence-electron chi connectivity index (χ0n) is 17.0. The molecule has 31 heavy (non-hydrogen) atoms. The molecule has 0 aliphatic rings. The van der Waals surface area contributed by atoms with E-state index in [-0.39, 0.29) is 5.91 Å². The van der Waals surface area contributed by atoms with Crippen molar-refractivity contribution in [3.63, 3.8) is 0 Å². The Kier molecular flexibility index (Phi) is 6.57. The molecule has 156 valence electrons. The van der Waals surface area contributed by atoms with Crippen molar-refractivity contribution < 1.29 is 9.21 Å². The summed E-state index contributed by atoms with van der Waals surface area (Å²) in [6, 6.07) is 19.6. The number of nitrogens with zero attached hydrogens (tertiary/aromatic N) is 1. The average molecular weight is 587 g/mol. The summed E-state index contributed by atoms with van der Waals surface area (Å²) >= 11 is 5.81. The monoisotopic (exact) mass is 586 g/mol.